The Bertz CT molecular complexity index is 756. The standard InChI is InChI=1S/C19H24N2O5/c1-12-9-16(24-3)17(25-4)10-15(12)13(2)21-18(22)5-7-20-19(23)14-6-8-26-11-14/h6,8-11,13H,5,7H2,1-4H3,(H,20,23)(H,21,22). The average molecular weight is 360 g/mol. The molecule has 7 heteroatoms. The zero-order valence-electron chi connectivity index (χ0n) is 15.4. The number of carbonyl (C=O) groups excluding carboxylic acids is 2. The van der Waals surface area contributed by atoms with Crippen molar-refractivity contribution in [3.05, 3.63) is 47.4 Å². The number of methoxy groups -OCH3 is 2. The van der Waals surface area contributed by atoms with Gasteiger partial charge in [-0.25, -0.2) is 0 Å². The first-order valence-corrected chi connectivity index (χ1v) is 8.28. The van der Waals surface area contributed by atoms with Gasteiger partial charge in [-0.15, -0.1) is 0 Å². The molecule has 0 bridgehead atoms. The molecule has 26 heavy (non-hydrogen) atoms. The van der Waals surface area contributed by atoms with Crippen LogP contribution < -0.4 is 20.1 Å². The zero-order valence-corrected chi connectivity index (χ0v) is 15.4. The van der Waals surface area contributed by atoms with E-state index in [-0.39, 0.29) is 30.8 Å². The molecular weight excluding hydrogens is 336 g/mol. The number of rotatable bonds is 8. The summed E-state index contributed by atoms with van der Waals surface area (Å²) in [5.74, 6) is 0.838. The zero-order chi connectivity index (χ0) is 19.1. The van der Waals surface area contributed by atoms with Crippen molar-refractivity contribution in [2.75, 3.05) is 20.8 Å². The maximum atomic E-state index is 12.1. The van der Waals surface area contributed by atoms with Crippen LogP contribution >= 0.6 is 0 Å². The summed E-state index contributed by atoms with van der Waals surface area (Å²) in [4.78, 5) is 23.9. The van der Waals surface area contributed by atoms with Gasteiger partial charge in [0.2, 0.25) is 5.91 Å². The first-order chi connectivity index (χ1) is 12.5. The Morgan fingerprint density at radius 1 is 1.19 bits per heavy atom. The fraction of sp³-hybridized carbons (Fsp3) is 0.368. The Morgan fingerprint density at radius 3 is 2.50 bits per heavy atom. The largest absolute Gasteiger partial charge is 0.493 e. The molecule has 0 aliphatic heterocycles. The summed E-state index contributed by atoms with van der Waals surface area (Å²) in [5, 5.41) is 5.61. The van der Waals surface area contributed by atoms with E-state index in [0.717, 1.165) is 11.1 Å². The number of ether oxygens (including phenoxy) is 2. The monoisotopic (exact) mass is 360 g/mol. The van der Waals surface area contributed by atoms with Gasteiger partial charge < -0.3 is 24.5 Å². The summed E-state index contributed by atoms with van der Waals surface area (Å²) < 4.78 is 15.5. The van der Waals surface area contributed by atoms with E-state index in [4.69, 9.17) is 13.9 Å². The van der Waals surface area contributed by atoms with Crippen LogP contribution in [0.2, 0.25) is 0 Å². The van der Waals surface area contributed by atoms with E-state index in [9.17, 15) is 9.59 Å². The van der Waals surface area contributed by atoms with E-state index in [1.54, 1.807) is 20.3 Å². The highest BCUT2D eigenvalue weighted by Gasteiger charge is 2.16. The van der Waals surface area contributed by atoms with Gasteiger partial charge in [0.15, 0.2) is 11.5 Å². The number of amides is 2. The molecule has 0 saturated carbocycles. The molecule has 2 N–H and O–H groups in total. The molecule has 0 radical (unpaired) electrons. The molecule has 1 aromatic heterocycles. The topological polar surface area (TPSA) is 89.8 Å². The third kappa shape index (κ3) is 4.78. The van der Waals surface area contributed by atoms with Crippen molar-refractivity contribution in [2.24, 2.45) is 0 Å². The van der Waals surface area contributed by atoms with Gasteiger partial charge in [-0.2, -0.15) is 0 Å². The number of hydrogen-bond donors (Lipinski definition) is 2. The van der Waals surface area contributed by atoms with Crippen LogP contribution in [-0.4, -0.2) is 32.6 Å². The van der Waals surface area contributed by atoms with E-state index in [1.807, 2.05) is 26.0 Å². The summed E-state index contributed by atoms with van der Waals surface area (Å²) in [5.41, 5.74) is 2.36. The third-order valence-corrected chi connectivity index (χ3v) is 4.04. The van der Waals surface area contributed by atoms with Gasteiger partial charge in [0.25, 0.3) is 5.91 Å². The van der Waals surface area contributed by atoms with Crippen molar-refractivity contribution >= 4 is 11.8 Å². The molecule has 0 aliphatic carbocycles. The van der Waals surface area contributed by atoms with E-state index in [0.29, 0.717) is 17.1 Å². The molecule has 140 valence electrons. The van der Waals surface area contributed by atoms with Gasteiger partial charge in [0.05, 0.1) is 32.1 Å². The Labute approximate surface area is 152 Å². The summed E-state index contributed by atoms with van der Waals surface area (Å²) in [6.07, 6.45) is 2.96. The minimum Gasteiger partial charge on any atom is -0.493 e. The highest BCUT2D eigenvalue weighted by atomic mass is 16.5. The van der Waals surface area contributed by atoms with Gasteiger partial charge >= 0.3 is 0 Å². The van der Waals surface area contributed by atoms with Gasteiger partial charge in [-0.1, -0.05) is 0 Å². The smallest absolute Gasteiger partial charge is 0.254 e. The van der Waals surface area contributed by atoms with Crippen molar-refractivity contribution < 1.29 is 23.5 Å². The lowest BCUT2D eigenvalue weighted by Gasteiger charge is -2.19. The van der Waals surface area contributed by atoms with Crippen molar-refractivity contribution in [1.29, 1.82) is 0 Å². The first kappa shape index (κ1) is 19.4. The molecule has 0 spiro atoms. The van der Waals surface area contributed by atoms with Crippen molar-refractivity contribution in [3.63, 3.8) is 0 Å². The van der Waals surface area contributed by atoms with Crippen LogP contribution in [-0.2, 0) is 4.79 Å². The number of carbonyl (C=O) groups is 2. The Morgan fingerprint density at radius 2 is 1.88 bits per heavy atom. The summed E-state index contributed by atoms with van der Waals surface area (Å²) in [6, 6.07) is 5.10. The molecule has 0 aliphatic rings. The second-order valence-corrected chi connectivity index (χ2v) is 5.87. The highest BCUT2D eigenvalue weighted by Crippen LogP contribution is 2.32. The predicted octanol–water partition coefficient (Wildman–Crippen LogP) is 2.60. The number of aryl methyl sites for hydroxylation is 1. The minimum atomic E-state index is -0.268. The number of benzene rings is 1. The van der Waals surface area contributed by atoms with Gasteiger partial charge in [-0.05, 0) is 43.2 Å². The second kappa shape index (κ2) is 8.94. The van der Waals surface area contributed by atoms with Gasteiger partial charge in [-0.3, -0.25) is 9.59 Å². The first-order valence-electron chi connectivity index (χ1n) is 8.28. The average Bonchev–Trinajstić information content (AvgIpc) is 3.15. The normalized spacial score (nSPS) is 11.5. The molecule has 1 unspecified atom stereocenters. The molecule has 2 amide bonds. The number of nitrogens with one attached hydrogen (secondary N) is 2. The third-order valence-electron chi connectivity index (χ3n) is 4.04. The Balaban J connectivity index is 1.89. The SMILES string of the molecule is COc1cc(C)c(C(C)NC(=O)CCNC(=O)c2ccoc2)cc1OC. The van der Waals surface area contributed by atoms with Crippen LogP contribution in [0.4, 0.5) is 0 Å². The van der Waals surface area contributed by atoms with Crippen LogP contribution in [0.3, 0.4) is 0 Å². The van der Waals surface area contributed by atoms with Crippen molar-refractivity contribution in [2.45, 2.75) is 26.3 Å². The van der Waals surface area contributed by atoms with Gasteiger partial charge in [0, 0.05) is 13.0 Å². The summed E-state index contributed by atoms with van der Waals surface area (Å²) in [7, 11) is 3.16. The lowest BCUT2D eigenvalue weighted by atomic mass is 10.0. The van der Waals surface area contributed by atoms with E-state index in [1.165, 1.54) is 12.5 Å². The number of hydrogen-bond acceptors (Lipinski definition) is 5. The molecule has 7 nitrogen and oxygen atoms in total. The van der Waals surface area contributed by atoms with Crippen LogP contribution in [0.15, 0.2) is 35.1 Å². The Kier molecular flexibility index (Phi) is 6.66. The van der Waals surface area contributed by atoms with Gasteiger partial charge in [0.1, 0.15) is 6.26 Å². The second-order valence-electron chi connectivity index (χ2n) is 5.87. The fourth-order valence-electron chi connectivity index (χ4n) is 2.64. The van der Waals surface area contributed by atoms with E-state index >= 15 is 0 Å². The molecule has 1 aromatic carbocycles. The quantitative estimate of drug-likeness (QED) is 0.755. The van der Waals surface area contributed by atoms with Crippen LogP contribution in [0.5, 0.6) is 11.5 Å². The van der Waals surface area contributed by atoms with Crippen LogP contribution in [0, 0.1) is 6.92 Å². The summed E-state index contributed by atoms with van der Waals surface area (Å²) >= 11 is 0. The molecule has 1 heterocycles. The summed E-state index contributed by atoms with van der Waals surface area (Å²) in [6.45, 7) is 4.09. The van der Waals surface area contributed by atoms with Crippen molar-refractivity contribution in [1.82, 2.24) is 10.6 Å². The highest BCUT2D eigenvalue weighted by molar-refractivity contribution is 5.94. The minimum absolute atomic E-state index is 0.154. The van der Waals surface area contributed by atoms with E-state index < -0.39 is 0 Å². The maximum absolute atomic E-state index is 12.1. The molecule has 2 rings (SSSR count). The van der Waals surface area contributed by atoms with Crippen LogP contribution in [0.25, 0.3) is 0 Å². The van der Waals surface area contributed by atoms with E-state index in [2.05, 4.69) is 10.6 Å². The molecule has 2 aromatic rings. The maximum Gasteiger partial charge on any atom is 0.254 e. The van der Waals surface area contributed by atoms with Crippen LogP contribution in [0.1, 0.15) is 40.9 Å². The lowest BCUT2D eigenvalue weighted by molar-refractivity contribution is -0.121. The van der Waals surface area contributed by atoms with Crippen molar-refractivity contribution in [3.8, 4) is 11.5 Å². The Hall–Kier alpha value is -2.96. The predicted molar refractivity (Wildman–Crippen MR) is 96.5 cm³/mol. The molecular formula is C19H24N2O5. The molecule has 1 atom stereocenters. The lowest BCUT2D eigenvalue weighted by Crippen LogP contribution is -2.32. The molecule has 0 fully saturated rings. The fourth-order valence-corrected chi connectivity index (χ4v) is 2.64. The molecule has 0 saturated heterocycles. The number of furan rings is 1.